The van der Waals surface area contributed by atoms with Crippen LogP contribution in [0.2, 0.25) is 0 Å². The molecule has 53 heavy (non-hydrogen) atoms. The van der Waals surface area contributed by atoms with E-state index in [2.05, 4.69) is 10.2 Å². The fourth-order valence-corrected chi connectivity index (χ4v) is 7.22. The van der Waals surface area contributed by atoms with Gasteiger partial charge in [-0.2, -0.15) is 0 Å². The Labute approximate surface area is 301 Å². The first-order valence-electron chi connectivity index (χ1n) is 16.7. The molecule has 0 bridgehead atoms. The zero-order valence-electron chi connectivity index (χ0n) is 29.0. The third-order valence-corrected chi connectivity index (χ3v) is 9.67. The van der Waals surface area contributed by atoms with Gasteiger partial charge in [0.2, 0.25) is 11.8 Å². The molecule has 0 aliphatic rings. The summed E-state index contributed by atoms with van der Waals surface area (Å²) in [6.07, 6.45) is 0. The van der Waals surface area contributed by atoms with Crippen molar-refractivity contribution in [2.75, 3.05) is 28.4 Å². The van der Waals surface area contributed by atoms with E-state index in [0.29, 0.717) is 34.1 Å². The van der Waals surface area contributed by atoms with Crippen LogP contribution < -0.4 is 18.9 Å². The van der Waals surface area contributed by atoms with Gasteiger partial charge in [-0.05, 0) is 97.1 Å². The molecule has 0 radical (unpaired) electrons. The molecule has 0 amide bonds. The minimum atomic E-state index is -0.504. The van der Waals surface area contributed by atoms with Gasteiger partial charge in [-0.3, -0.25) is 0 Å². The summed E-state index contributed by atoms with van der Waals surface area (Å²) >= 11 is 0. The molecule has 262 valence electrons. The van der Waals surface area contributed by atoms with Crippen molar-refractivity contribution in [3.8, 4) is 57.3 Å². The highest BCUT2D eigenvalue weighted by Crippen LogP contribution is 2.42. The normalized spacial score (nSPS) is 11.6. The number of rotatable bonds is 8. The molecule has 0 aliphatic carbocycles. The average molecular weight is 709 g/mol. The summed E-state index contributed by atoms with van der Waals surface area (Å²) in [5.41, 5.74) is 4.04. The Morgan fingerprint density at radius 3 is 1.08 bits per heavy atom. The molecule has 0 unspecified atom stereocenters. The van der Waals surface area contributed by atoms with Crippen LogP contribution in [-0.4, -0.2) is 47.8 Å². The Balaban J connectivity index is 1.25. The van der Waals surface area contributed by atoms with Crippen molar-refractivity contribution in [3.63, 3.8) is 0 Å². The third kappa shape index (κ3) is 4.95. The van der Waals surface area contributed by atoms with Crippen LogP contribution in [0.15, 0.2) is 114 Å². The second-order valence-corrected chi connectivity index (χ2v) is 12.4. The Morgan fingerprint density at radius 1 is 0.453 bits per heavy atom. The number of methoxy groups -OCH3 is 4. The lowest BCUT2D eigenvalue weighted by molar-refractivity contribution is 0.415. The molecule has 11 heteroatoms. The summed E-state index contributed by atoms with van der Waals surface area (Å²) in [7, 11) is 6.40. The minimum Gasteiger partial charge on any atom is -0.497 e. The van der Waals surface area contributed by atoms with Gasteiger partial charge in [0.1, 0.15) is 34.6 Å². The van der Waals surface area contributed by atoms with Gasteiger partial charge in [-0.15, -0.1) is 10.2 Å². The SMILES string of the molecule is COc1ccc2c(c1)c1cc(OC)ccc1n2-c1c(F)cccc1-c1nnc(-c2cccc(F)c2-n2c3ccc(OC)cc3c3cc(OC)ccc32)o1. The summed E-state index contributed by atoms with van der Waals surface area (Å²) < 4.78 is 64.7. The monoisotopic (exact) mass is 708 g/mol. The number of hydrogen-bond acceptors (Lipinski definition) is 7. The number of halogens is 2. The Morgan fingerprint density at radius 2 is 0.774 bits per heavy atom. The zero-order chi connectivity index (χ0) is 36.4. The number of ether oxygens (including phenoxy) is 4. The van der Waals surface area contributed by atoms with Gasteiger partial charge in [-0.25, -0.2) is 8.78 Å². The molecule has 0 saturated carbocycles. The van der Waals surface area contributed by atoms with E-state index in [1.807, 2.05) is 81.9 Å². The molecule has 3 aromatic heterocycles. The summed E-state index contributed by atoms with van der Waals surface area (Å²) in [5, 5.41) is 12.2. The van der Waals surface area contributed by atoms with Crippen LogP contribution in [0.25, 0.3) is 77.9 Å². The van der Waals surface area contributed by atoms with Gasteiger partial charge in [-0.1, -0.05) is 12.1 Å². The topological polar surface area (TPSA) is 85.7 Å². The number of fused-ring (bicyclic) bond motifs is 6. The van der Waals surface area contributed by atoms with Gasteiger partial charge in [0, 0.05) is 21.5 Å². The van der Waals surface area contributed by atoms with Gasteiger partial charge in [0.15, 0.2) is 0 Å². The molecule has 9 nitrogen and oxygen atoms in total. The zero-order valence-corrected chi connectivity index (χ0v) is 29.0. The van der Waals surface area contributed by atoms with Gasteiger partial charge < -0.3 is 32.5 Å². The highest BCUT2D eigenvalue weighted by atomic mass is 19.1. The number of benzene rings is 6. The van der Waals surface area contributed by atoms with E-state index in [0.717, 1.165) is 43.6 Å². The van der Waals surface area contributed by atoms with Crippen LogP contribution in [0.5, 0.6) is 23.0 Å². The van der Waals surface area contributed by atoms with E-state index in [1.54, 1.807) is 52.7 Å². The van der Waals surface area contributed by atoms with Crippen LogP contribution >= 0.6 is 0 Å². The van der Waals surface area contributed by atoms with Crippen LogP contribution in [0, 0.1) is 11.6 Å². The first-order valence-corrected chi connectivity index (χ1v) is 16.7. The average Bonchev–Trinajstić information content (AvgIpc) is 3.90. The van der Waals surface area contributed by atoms with E-state index < -0.39 is 11.6 Å². The maximum absolute atomic E-state index is 16.3. The molecule has 6 aromatic carbocycles. The number of aromatic nitrogens is 4. The predicted octanol–water partition coefficient (Wildman–Crippen LogP) is 9.91. The second-order valence-electron chi connectivity index (χ2n) is 12.4. The van der Waals surface area contributed by atoms with E-state index in [9.17, 15) is 0 Å². The van der Waals surface area contributed by atoms with E-state index in [4.69, 9.17) is 23.4 Å². The molecule has 0 N–H and O–H groups in total. The molecule has 0 atom stereocenters. The number of hydrogen-bond donors (Lipinski definition) is 0. The summed E-state index contributed by atoms with van der Waals surface area (Å²) in [5.74, 6) is 1.72. The lowest BCUT2D eigenvalue weighted by Gasteiger charge is -2.14. The largest absolute Gasteiger partial charge is 0.497 e. The molecule has 0 fully saturated rings. The van der Waals surface area contributed by atoms with Crippen molar-refractivity contribution in [3.05, 3.63) is 121 Å². The van der Waals surface area contributed by atoms with Crippen molar-refractivity contribution in [1.82, 2.24) is 19.3 Å². The highest BCUT2D eigenvalue weighted by Gasteiger charge is 2.26. The quantitative estimate of drug-likeness (QED) is 0.155. The van der Waals surface area contributed by atoms with Gasteiger partial charge in [0.05, 0.1) is 73.0 Å². The first kappa shape index (κ1) is 32.1. The van der Waals surface area contributed by atoms with Gasteiger partial charge >= 0.3 is 0 Å². The van der Waals surface area contributed by atoms with Crippen LogP contribution in [0.1, 0.15) is 0 Å². The van der Waals surface area contributed by atoms with Crippen molar-refractivity contribution < 1.29 is 32.1 Å². The summed E-state index contributed by atoms with van der Waals surface area (Å²) in [6.45, 7) is 0. The summed E-state index contributed by atoms with van der Waals surface area (Å²) in [4.78, 5) is 0. The molecule has 0 aliphatic heterocycles. The maximum Gasteiger partial charge on any atom is 0.250 e. The van der Waals surface area contributed by atoms with E-state index >= 15 is 8.78 Å². The standard InChI is InChI=1S/C42H30F2N4O5/c1-49-23-11-15-35-29(19-23)30-20-24(50-2)12-16-36(30)47(35)39-27(7-5-9-33(39)43)41-45-46-42(53-41)28-8-6-10-34(44)40(28)48-37-17-13-25(51-3)21-31(37)32-22-26(52-4)14-18-38(32)48/h5-22H,1-4H3. The van der Waals surface area contributed by atoms with E-state index in [1.165, 1.54) is 12.1 Å². The molecule has 0 spiro atoms. The molecule has 9 aromatic rings. The van der Waals surface area contributed by atoms with Crippen molar-refractivity contribution in [2.24, 2.45) is 0 Å². The van der Waals surface area contributed by atoms with Crippen molar-refractivity contribution in [2.45, 2.75) is 0 Å². The highest BCUT2D eigenvalue weighted by molar-refractivity contribution is 6.12. The van der Waals surface area contributed by atoms with Crippen LogP contribution in [0.4, 0.5) is 8.78 Å². The first-order chi connectivity index (χ1) is 25.9. The second kappa shape index (κ2) is 12.4. The molecule has 0 saturated heterocycles. The Hall–Kier alpha value is -6.88. The maximum atomic E-state index is 16.3. The smallest absolute Gasteiger partial charge is 0.250 e. The summed E-state index contributed by atoms with van der Waals surface area (Å²) in [6, 6.07) is 31.9. The fraction of sp³-hybridized carbons (Fsp3) is 0.0952. The minimum absolute atomic E-state index is 0.0541. The third-order valence-electron chi connectivity index (χ3n) is 9.67. The van der Waals surface area contributed by atoms with Crippen molar-refractivity contribution >= 4 is 43.6 Å². The van der Waals surface area contributed by atoms with E-state index in [-0.39, 0.29) is 23.2 Å². The number of nitrogens with zero attached hydrogens (tertiary/aromatic N) is 4. The van der Waals surface area contributed by atoms with Crippen LogP contribution in [0.3, 0.4) is 0 Å². The molecule has 3 heterocycles. The fourth-order valence-electron chi connectivity index (χ4n) is 7.22. The Bertz CT molecular complexity index is 2580. The predicted molar refractivity (Wildman–Crippen MR) is 200 cm³/mol. The molecule has 9 rings (SSSR count). The Kier molecular flexibility index (Phi) is 7.51. The van der Waals surface area contributed by atoms with Crippen LogP contribution in [-0.2, 0) is 0 Å². The molecular formula is C42H30F2N4O5. The lowest BCUT2D eigenvalue weighted by Crippen LogP contribution is -2.01. The van der Waals surface area contributed by atoms with Gasteiger partial charge in [0.25, 0.3) is 0 Å². The number of para-hydroxylation sites is 2. The lowest BCUT2D eigenvalue weighted by atomic mass is 10.1. The molecular weight excluding hydrogens is 678 g/mol. The van der Waals surface area contributed by atoms with Crippen molar-refractivity contribution in [1.29, 1.82) is 0 Å².